The summed E-state index contributed by atoms with van der Waals surface area (Å²) >= 11 is 1.18. The zero-order valence-corrected chi connectivity index (χ0v) is 10.8. The standard InChI is InChI=1S/C14H15NO2S/c1-2-17-14(16)18-9-5-7-12-10-11-6-3-4-8-13(11)15-12/h2-4,6,8,10,15H,1,5,7,9H2. The van der Waals surface area contributed by atoms with Crippen LogP contribution in [0.2, 0.25) is 0 Å². The van der Waals surface area contributed by atoms with Crippen LogP contribution in [0.5, 0.6) is 0 Å². The van der Waals surface area contributed by atoms with Gasteiger partial charge in [0.2, 0.25) is 0 Å². The molecule has 0 unspecified atom stereocenters. The van der Waals surface area contributed by atoms with Gasteiger partial charge in [0.1, 0.15) is 0 Å². The largest absolute Gasteiger partial charge is 0.427 e. The van der Waals surface area contributed by atoms with Gasteiger partial charge in [-0.2, -0.15) is 0 Å². The lowest BCUT2D eigenvalue weighted by molar-refractivity contribution is 0.214. The zero-order valence-electron chi connectivity index (χ0n) is 10.0. The summed E-state index contributed by atoms with van der Waals surface area (Å²) in [4.78, 5) is 14.4. The maximum Gasteiger partial charge on any atom is 0.372 e. The Balaban J connectivity index is 1.80. The van der Waals surface area contributed by atoms with Crippen molar-refractivity contribution in [1.29, 1.82) is 0 Å². The molecule has 3 nitrogen and oxygen atoms in total. The number of hydrogen-bond donors (Lipinski definition) is 1. The van der Waals surface area contributed by atoms with Gasteiger partial charge in [0.15, 0.2) is 0 Å². The average molecular weight is 261 g/mol. The minimum absolute atomic E-state index is 0.290. The second kappa shape index (κ2) is 6.31. The summed E-state index contributed by atoms with van der Waals surface area (Å²) in [6.45, 7) is 3.34. The number of aromatic amines is 1. The minimum Gasteiger partial charge on any atom is -0.427 e. The van der Waals surface area contributed by atoms with Crippen LogP contribution < -0.4 is 0 Å². The Morgan fingerprint density at radius 3 is 3.06 bits per heavy atom. The van der Waals surface area contributed by atoms with Crippen LogP contribution in [0.15, 0.2) is 43.2 Å². The fourth-order valence-corrected chi connectivity index (χ4v) is 2.38. The van der Waals surface area contributed by atoms with Crippen LogP contribution in [0.1, 0.15) is 12.1 Å². The molecule has 94 valence electrons. The number of H-pyrrole nitrogens is 1. The third kappa shape index (κ3) is 3.40. The first kappa shape index (κ1) is 12.8. The first-order valence-electron chi connectivity index (χ1n) is 5.80. The van der Waals surface area contributed by atoms with Gasteiger partial charge in [-0.3, -0.25) is 0 Å². The summed E-state index contributed by atoms with van der Waals surface area (Å²) in [6.07, 6.45) is 3.03. The second-order valence-corrected chi connectivity index (χ2v) is 4.90. The van der Waals surface area contributed by atoms with E-state index in [1.165, 1.54) is 22.8 Å². The predicted octanol–water partition coefficient (Wildman–Crippen LogP) is 4.11. The molecule has 2 rings (SSSR count). The lowest BCUT2D eigenvalue weighted by Gasteiger charge is -1.98. The fourth-order valence-electron chi connectivity index (χ4n) is 1.79. The average Bonchev–Trinajstić information content (AvgIpc) is 2.77. The maximum atomic E-state index is 11.1. The van der Waals surface area contributed by atoms with E-state index in [-0.39, 0.29) is 5.30 Å². The quantitative estimate of drug-likeness (QED) is 0.500. The van der Waals surface area contributed by atoms with Crippen molar-refractivity contribution in [3.63, 3.8) is 0 Å². The van der Waals surface area contributed by atoms with Gasteiger partial charge in [0, 0.05) is 17.0 Å². The topological polar surface area (TPSA) is 42.1 Å². The Bertz CT molecular complexity index is 514. The van der Waals surface area contributed by atoms with E-state index in [1.807, 2.05) is 12.1 Å². The highest BCUT2D eigenvalue weighted by Crippen LogP contribution is 2.16. The van der Waals surface area contributed by atoms with Crippen molar-refractivity contribution < 1.29 is 9.53 Å². The van der Waals surface area contributed by atoms with E-state index in [9.17, 15) is 4.79 Å². The number of para-hydroxylation sites is 1. The highest BCUT2D eigenvalue weighted by Gasteiger charge is 2.03. The SMILES string of the molecule is C=COC(=O)SCCCc1cc2ccccc2[nH]1. The van der Waals surface area contributed by atoms with Gasteiger partial charge in [0.25, 0.3) is 0 Å². The van der Waals surface area contributed by atoms with Crippen LogP contribution in [-0.4, -0.2) is 16.0 Å². The number of rotatable bonds is 5. The van der Waals surface area contributed by atoms with E-state index in [1.54, 1.807) is 0 Å². The van der Waals surface area contributed by atoms with Crippen LogP contribution >= 0.6 is 11.8 Å². The van der Waals surface area contributed by atoms with Crippen LogP contribution in [0.4, 0.5) is 4.79 Å². The molecular weight excluding hydrogens is 246 g/mol. The number of aryl methyl sites for hydroxylation is 1. The number of ether oxygens (including phenoxy) is 1. The maximum absolute atomic E-state index is 11.1. The van der Waals surface area contributed by atoms with Gasteiger partial charge in [-0.1, -0.05) is 24.8 Å². The first-order chi connectivity index (χ1) is 8.79. The number of thioether (sulfide) groups is 1. The van der Waals surface area contributed by atoms with Crippen molar-refractivity contribution in [2.45, 2.75) is 12.8 Å². The Morgan fingerprint density at radius 1 is 1.44 bits per heavy atom. The molecule has 0 saturated heterocycles. The van der Waals surface area contributed by atoms with Gasteiger partial charge in [-0.25, -0.2) is 4.79 Å². The molecule has 0 bridgehead atoms. The Morgan fingerprint density at radius 2 is 2.28 bits per heavy atom. The predicted molar refractivity (Wildman–Crippen MR) is 75.8 cm³/mol. The Kier molecular flexibility index (Phi) is 4.47. The number of nitrogens with one attached hydrogen (secondary N) is 1. The van der Waals surface area contributed by atoms with Crippen molar-refractivity contribution >= 4 is 28.0 Å². The molecule has 18 heavy (non-hydrogen) atoms. The van der Waals surface area contributed by atoms with Crippen LogP contribution in [0, 0.1) is 0 Å². The minimum atomic E-state index is -0.290. The lowest BCUT2D eigenvalue weighted by Crippen LogP contribution is -1.94. The molecule has 0 aliphatic heterocycles. The molecule has 0 spiro atoms. The summed E-state index contributed by atoms with van der Waals surface area (Å²) in [6, 6.07) is 10.4. The van der Waals surface area contributed by atoms with Gasteiger partial charge in [0.05, 0.1) is 6.26 Å². The monoisotopic (exact) mass is 261 g/mol. The highest BCUT2D eigenvalue weighted by molar-refractivity contribution is 8.13. The molecule has 1 heterocycles. The van der Waals surface area contributed by atoms with Gasteiger partial charge >= 0.3 is 5.30 Å². The molecule has 2 aromatic rings. The normalized spacial score (nSPS) is 10.4. The van der Waals surface area contributed by atoms with Gasteiger partial charge in [-0.05, 0) is 42.1 Å². The molecule has 4 heteroatoms. The number of aromatic nitrogens is 1. The van der Waals surface area contributed by atoms with Crippen molar-refractivity contribution in [2.24, 2.45) is 0 Å². The molecule has 1 aromatic carbocycles. The summed E-state index contributed by atoms with van der Waals surface area (Å²) in [5, 5.41) is 0.938. The summed E-state index contributed by atoms with van der Waals surface area (Å²) < 4.78 is 4.62. The molecule has 0 amide bonds. The van der Waals surface area contributed by atoms with Crippen LogP contribution in [0.3, 0.4) is 0 Å². The molecule has 1 N–H and O–H groups in total. The first-order valence-corrected chi connectivity index (χ1v) is 6.79. The molecule has 0 aliphatic carbocycles. The van der Waals surface area contributed by atoms with E-state index in [0.29, 0.717) is 0 Å². The van der Waals surface area contributed by atoms with Gasteiger partial charge in [-0.15, -0.1) is 0 Å². The fraction of sp³-hybridized carbons (Fsp3) is 0.214. The number of hydrogen-bond acceptors (Lipinski definition) is 3. The van der Waals surface area contributed by atoms with E-state index in [0.717, 1.165) is 30.4 Å². The molecule has 1 aromatic heterocycles. The third-order valence-corrected chi connectivity index (χ3v) is 3.40. The van der Waals surface area contributed by atoms with Crippen molar-refractivity contribution in [3.05, 3.63) is 48.9 Å². The van der Waals surface area contributed by atoms with Crippen molar-refractivity contribution in [3.8, 4) is 0 Å². The highest BCUT2D eigenvalue weighted by atomic mass is 32.2. The van der Waals surface area contributed by atoms with E-state index >= 15 is 0 Å². The lowest BCUT2D eigenvalue weighted by atomic mass is 10.2. The molecule has 0 radical (unpaired) electrons. The molecular formula is C14H15NO2S. The van der Waals surface area contributed by atoms with Crippen molar-refractivity contribution in [2.75, 3.05) is 5.75 Å². The number of benzene rings is 1. The van der Waals surface area contributed by atoms with Crippen LogP contribution in [-0.2, 0) is 11.2 Å². The molecule has 0 aliphatic rings. The van der Waals surface area contributed by atoms with E-state index in [2.05, 4.69) is 34.5 Å². The summed E-state index contributed by atoms with van der Waals surface area (Å²) in [5.74, 6) is 0.752. The molecule has 0 atom stereocenters. The zero-order chi connectivity index (χ0) is 12.8. The smallest absolute Gasteiger partial charge is 0.372 e. The number of carbonyl (C=O) groups excluding carboxylic acids is 1. The van der Waals surface area contributed by atoms with Crippen LogP contribution in [0.25, 0.3) is 10.9 Å². The summed E-state index contributed by atoms with van der Waals surface area (Å²) in [7, 11) is 0. The van der Waals surface area contributed by atoms with E-state index < -0.39 is 0 Å². The Hall–Kier alpha value is -1.68. The number of fused-ring (bicyclic) bond motifs is 1. The summed E-state index contributed by atoms with van der Waals surface area (Å²) in [5.41, 5.74) is 2.36. The van der Waals surface area contributed by atoms with E-state index in [4.69, 9.17) is 0 Å². The number of carbonyl (C=O) groups is 1. The van der Waals surface area contributed by atoms with Gasteiger partial charge < -0.3 is 9.72 Å². The molecule has 0 saturated carbocycles. The molecule has 0 fully saturated rings. The third-order valence-electron chi connectivity index (χ3n) is 2.58. The second-order valence-electron chi connectivity index (χ2n) is 3.87. The van der Waals surface area contributed by atoms with Crippen molar-refractivity contribution in [1.82, 2.24) is 4.98 Å². The Labute approximate surface area is 110 Å².